The molecular weight excluding hydrogens is 448 g/mol. The highest BCUT2D eigenvalue weighted by Gasteiger charge is 2.21. The number of hydrogen-bond acceptors (Lipinski definition) is 4. The highest BCUT2D eigenvalue weighted by Crippen LogP contribution is 2.31. The quantitative estimate of drug-likeness (QED) is 0.102. The minimum absolute atomic E-state index is 0.0528. The second kappa shape index (κ2) is 20.0. The number of rotatable bonds is 20. The largest absolute Gasteiger partial charge is 0.466 e. The van der Waals surface area contributed by atoms with E-state index in [4.69, 9.17) is 9.47 Å². The van der Waals surface area contributed by atoms with Crippen molar-refractivity contribution in [1.82, 2.24) is 0 Å². The van der Waals surface area contributed by atoms with Crippen LogP contribution in [0.3, 0.4) is 0 Å². The third kappa shape index (κ3) is 14.5. The summed E-state index contributed by atoms with van der Waals surface area (Å²) >= 11 is 0. The van der Waals surface area contributed by atoms with Crippen LogP contribution in [0.15, 0.2) is 42.5 Å². The van der Waals surface area contributed by atoms with E-state index in [1.54, 1.807) is 0 Å². The predicted molar refractivity (Wildman–Crippen MR) is 148 cm³/mol. The summed E-state index contributed by atoms with van der Waals surface area (Å²) in [4.78, 5) is 24.4. The van der Waals surface area contributed by atoms with E-state index >= 15 is 0 Å². The van der Waals surface area contributed by atoms with Gasteiger partial charge in [0.2, 0.25) is 0 Å². The third-order valence-electron chi connectivity index (χ3n) is 7.09. The van der Waals surface area contributed by atoms with Crippen molar-refractivity contribution in [1.29, 1.82) is 0 Å². The summed E-state index contributed by atoms with van der Waals surface area (Å²) in [5, 5.41) is 0. The van der Waals surface area contributed by atoms with Crippen LogP contribution in [0.1, 0.15) is 134 Å². The molecule has 0 saturated carbocycles. The molecule has 2 atom stereocenters. The van der Waals surface area contributed by atoms with Gasteiger partial charge in [-0.1, -0.05) is 107 Å². The van der Waals surface area contributed by atoms with Crippen molar-refractivity contribution in [3.05, 3.63) is 48.0 Å². The Morgan fingerprint density at radius 2 is 1.47 bits per heavy atom. The molecule has 1 aromatic carbocycles. The highest BCUT2D eigenvalue weighted by atomic mass is 16.5. The summed E-state index contributed by atoms with van der Waals surface area (Å²) in [6.45, 7) is 2.79. The van der Waals surface area contributed by atoms with Gasteiger partial charge in [0.25, 0.3) is 0 Å². The molecule has 1 aliphatic rings. The van der Waals surface area contributed by atoms with Crippen molar-refractivity contribution in [2.75, 3.05) is 6.61 Å². The monoisotopic (exact) mass is 498 g/mol. The van der Waals surface area contributed by atoms with Gasteiger partial charge in [0.15, 0.2) is 0 Å². The first-order valence-corrected chi connectivity index (χ1v) is 14.8. The number of carbonyl (C=O) groups is 2. The molecule has 0 aliphatic heterocycles. The predicted octanol–water partition coefficient (Wildman–Crippen LogP) is 9.04. The molecule has 202 valence electrons. The maximum absolute atomic E-state index is 12.6. The van der Waals surface area contributed by atoms with E-state index in [1.165, 1.54) is 38.5 Å². The first-order chi connectivity index (χ1) is 17.7. The summed E-state index contributed by atoms with van der Waals surface area (Å²) in [6, 6.07) is 10.2. The normalized spacial score (nSPS) is 16.0. The first kappa shape index (κ1) is 30.1. The number of ether oxygens (including phenoxy) is 2. The SMILES string of the molecule is CCCCCCCCOC(=O)CCCCCCCCC(=O)OC(CC1C=CCCC1)c1ccccc1. The Labute approximate surface area is 220 Å². The third-order valence-corrected chi connectivity index (χ3v) is 7.09. The molecule has 2 unspecified atom stereocenters. The van der Waals surface area contributed by atoms with Gasteiger partial charge in [-0.15, -0.1) is 0 Å². The Morgan fingerprint density at radius 3 is 2.14 bits per heavy atom. The molecule has 1 aromatic rings. The number of unbranched alkanes of at least 4 members (excludes halogenated alkanes) is 10. The maximum atomic E-state index is 12.6. The van der Waals surface area contributed by atoms with Crippen LogP contribution in [0.2, 0.25) is 0 Å². The lowest BCUT2D eigenvalue weighted by Gasteiger charge is -2.24. The fourth-order valence-corrected chi connectivity index (χ4v) is 4.88. The average molecular weight is 499 g/mol. The Balaban J connectivity index is 1.50. The summed E-state index contributed by atoms with van der Waals surface area (Å²) in [5.41, 5.74) is 1.09. The minimum atomic E-state index is -0.160. The molecular formula is C32H50O4. The summed E-state index contributed by atoms with van der Waals surface area (Å²) in [6.07, 6.45) is 23.1. The van der Waals surface area contributed by atoms with Crippen molar-refractivity contribution < 1.29 is 19.1 Å². The van der Waals surface area contributed by atoms with Crippen molar-refractivity contribution >= 4 is 11.9 Å². The number of hydrogen-bond donors (Lipinski definition) is 0. The van der Waals surface area contributed by atoms with Gasteiger partial charge in [-0.3, -0.25) is 9.59 Å². The Morgan fingerprint density at radius 1 is 0.833 bits per heavy atom. The lowest BCUT2D eigenvalue weighted by molar-refractivity contribution is -0.150. The molecule has 36 heavy (non-hydrogen) atoms. The lowest BCUT2D eigenvalue weighted by atomic mass is 9.89. The zero-order valence-electron chi connectivity index (χ0n) is 22.8. The molecule has 1 aliphatic carbocycles. The molecule has 0 fully saturated rings. The molecule has 0 saturated heterocycles. The molecule has 4 heteroatoms. The van der Waals surface area contributed by atoms with Crippen molar-refractivity contribution in [3.8, 4) is 0 Å². The molecule has 2 rings (SSSR count). The van der Waals surface area contributed by atoms with Crippen LogP contribution in [0.25, 0.3) is 0 Å². The maximum Gasteiger partial charge on any atom is 0.306 e. The van der Waals surface area contributed by atoms with E-state index in [1.807, 2.05) is 18.2 Å². The van der Waals surface area contributed by atoms with E-state index in [9.17, 15) is 9.59 Å². The lowest BCUT2D eigenvalue weighted by Crippen LogP contribution is -2.15. The zero-order chi connectivity index (χ0) is 25.7. The first-order valence-electron chi connectivity index (χ1n) is 14.8. The highest BCUT2D eigenvalue weighted by molar-refractivity contribution is 5.69. The Hall–Kier alpha value is -2.10. The number of benzene rings is 1. The van der Waals surface area contributed by atoms with Gasteiger partial charge in [0, 0.05) is 12.8 Å². The van der Waals surface area contributed by atoms with Gasteiger partial charge in [0.1, 0.15) is 6.10 Å². The van der Waals surface area contributed by atoms with Gasteiger partial charge in [0.05, 0.1) is 6.61 Å². The summed E-state index contributed by atoms with van der Waals surface area (Å²) in [7, 11) is 0. The zero-order valence-corrected chi connectivity index (χ0v) is 22.8. The molecule has 0 N–H and O–H groups in total. The number of allylic oxidation sites excluding steroid dienone is 2. The van der Waals surface area contributed by atoms with Crippen LogP contribution >= 0.6 is 0 Å². The second-order valence-corrected chi connectivity index (χ2v) is 10.4. The van der Waals surface area contributed by atoms with Gasteiger partial charge in [-0.25, -0.2) is 0 Å². The van der Waals surface area contributed by atoms with Crippen LogP contribution in [-0.4, -0.2) is 18.5 Å². The average Bonchev–Trinajstić information content (AvgIpc) is 2.90. The van der Waals surface area contributed by atoms with Crippen molar-refractivity contribution in [3.63, 3.8) is 0 Å². The topological polar surface area (TPSA) is 52.6 Å². The molecule has 0 spiro atoms. The van der Waals surface area contributed by atoms with E-state index in [-0.39, 0.29) is 18.0 Å². The Bertz CT molecular complexity index is 727. The smallest absolute Gasteiger partial charge is 0.306 e. The van der Waals surface area contributed by atoms with Crippen LogP contribution < -0.4 is 0 Å². The number of carbonyl (C=O) groups excluding carboxylic acids is 2. The van der Waals surface area contributed by atoms with Gasteiger partial charge >= 0.3 is 11.9 Å². The van der Waals surface area contributed by atoms with E-state index in [0.717, 1.165) is 69.8 Å². The summed E-state index contributed by atoms with van der Waals surface area (Å²) < 4.78 is 11.3. The fraction of sp³-hybridized carbons (Fsp3) is 0.688. The van der Waals surface area contributed by atoms with Crippen LogP contribution in [0.4, 0.5) is 0 Å². The molecule has 0 aromatic heterocycles. The van der Waals surface area contributed by atoms with Gasteiger partial charge in [-0.2, -0.15) is 0 Å². The van der Waals surface area contributed by atoms with Crippen LogP contribution in [0, 0.1) is 5.92 Å². The Kier molecular flexibility index (Phi) is 16.7. The molecule has 4 nitrogen and oxygen atoms in total. The van der Waals surface area contributed by atoms with E-state index in [0.29, 0.717) is 25.4 Å². The standard InChI is InChI=1S/C32H50O4/c1-2-3-4-5-10-19-26-35-31(33)24-17-8-6-7-9-18-25-32(34)36-30(29-22-15-12-16-23-29)27-28-20-13-11-14-21-28/h12-13,15-16,20,22-23,28,30H,2-11,14,17-19,21,24-27H2,1H3. The van der Waals surface area contributed by atoms with Crippen molar-refractivity contribution in [2.45, 2.75) is 129 Å². The second-order valence-electron chi connectivity index (χ2n) is 10.4. The van der Waals surface area contributed by atoms with E-state index < -0.39 is 0 Å². The van der Waals surface area contributed by atoms with Crippen LogP contribution in [0.5, 0.6) is 0 Å². The number of esters is 2. The molecule has 0 radical (unpaired) electrons. The minimum Gasteiger partial charge on any atom is -0.466 e. The van der Waals surface area contributed by atoms with Gasteiger partial charge in [-0.05, 0) is 56.4 Å². The summed E-state index contributed by atoms with van der Waals surface area (Å²) in [5.74, 6) is 0.351. The van der Waals surface area contributed by atoms with Crippen molar-refractivity contribution in [2.24, 2.45) is 5.92 Å². The molecule has 0 heterocycles. The van der Waals surface area contributed by atoms with Crippen LogP contribution in [-0.2, 0) is 19.1 Å². The molecule has 0 amide bonds. The molecule has 0 bridgehead atoms. The van der Waals surface area contributed by atoms with E-state index in [2.05, 4.69) is 31.2 Å². The van der Waals surface area contributed by atoms with Gasteiger partial charge < -0.3 is 9.47 Å². The fourth-order valence-electron chi connectivity index (χ4n) is 4.88.